The summed E-state index contributed by atoms with van der Waals surface area (Å²) in [5.74, 6) is -0.128. The van der Waals surface area contributed by atoms with Crippen molar-refractivity contribution in [3.05, 3.63) is 47.6 Å². The fraction of sp³-hybridized carbons (Fsp3) is 0.333. The van der Waals surface area contributed by atoms with E-state index < -0.39 is 0 Å². The number of fused-ring (bicyclic) bond motifs is 2. The lowest BCUT2D eigenvalue weighted by Gasteiger charge is -2.09. The van der Waals surface area contributed by atoms with Crippen LogP contribution < -0.4 is 0 Å². The van der Waals surface area contributed by atoms with E-state index in [0.29, 0.717) is 12.2 Å². The quantitative estimate of drug-likeness (QED) is 0.570. The predicted molar refractivity (Wildman–Crippen MR) is 74.6 cm³/mol. The summed E-state index contributed by atoms with van der Waals surface area (Å²) in [7, 11) is 3.85. The third-order valence-corrected chi connectivity index (χ3v) is 2.53. The van der Waals surface area contributed by atoms with E-state index in [0.717, 1.165) is 17.7 Å². The third-order valence-electron chi connectivity index (χ3n) is 2.53. The summed E-state index contributed by atoms with van der Waals surface area (Å²) in [6.45, 7) is 6.28. The molecule has 0 atom stereocenters. The number of nitrogens with zero attached hydrogens (tertiary/aromatic N) is 1. The molecule has 102 valence electrons. The molecule has 2 aliphatic carbocycles. The molecule has 0 aliphatic heterocycles. The lowest BCUT2D eigenvalue weighted by molar-refractivity contribution is -0.139. The minimum atomic E-state index is -0.313. The molecule has 4 heteroatoms. The summed E-state index contributed by atoms with van der Waals surface area (Å²) >= 11 is 0. The van der Waals surface area contributed by atoms with Gasteiger partial charge in [-0.2, -0.15) is 0 Å². The molecular weight excluding hydrogens is 242 g/mol. The van der Waals surface area contributed by atoms with Crippen molar-refractivity contribution in [2.24, 2.45) is 0 Å². The molecule has 0 aromatic rings. The van der Waals surface area contributed by atoms with Crippen LogP contribution in [0.3, 0.4) is 0 Å². The van der Waals surface area contributed by atoms with Gasteiger partial charge < -0.3 is 9.64 Å². The van der Waals surface area contributed by atoms with Gasteiger partial charge in [0.1, 0.15) is 6.61 Å². The predicted octanol–water partition coefficient (Wildman–Crippen LogP) is 1.66. The van der Waals surface area contributed by atoms with Crippen LogP contribution in [-0.2, 0) is 14.3 Å². The van der Waals surface area contributed by atoms with Crippen molar-refractivity contribution in [3.8, 4) is 0 Å². The lowest BCUT2D eigenvalue weighted by atomic mass is 10.2. The standard InChI is InChI=1S/C8H15NO2.C7H4O/c1-7(2)8(10)11-6-5-9(3)4;8-7-5-1-2-6(7)4-3-5/h1,5-6H2,2-4H3;1-4H. The van der Waals surface area contributed by atoms with Crippen molar-refractivity contribution in [2.75, 3.05) is 27.2 Å². The van der Waals surface area contributed by atoms with Gasteiger partial charge >= 0.3 is 5.97 Å². The molecule has 0 spiro atoms. The highest BCUT2D eigenvalue weighted by molar-refractivity contribution is 6.17. The van der Waals surface area contributed by atoms with Crippen molar-refractivity contribution >= 4 is 11.8 Å². The molecule has 0 heterocycles. The molecule has 0 N–H and O–H groups in total. The van der Waals surface area contributed by atoms with Crippen LogP contribution in [0.4, 0.5) is 0 Å². The van der Waals surface area contributed by atoms with E-state index >= 15 is 0 Å². The van der Waals surface area contributed by atoms with E-state index in [1.54, 1.807) is 6.92 Å². The second-order valence-electron chi connectivity index (χ2n) is 4.63. The minimum absolute atomic E-state index is 0.185. The van der Waals surface area contributed by atoms with Crippen molar-refractivity contribution < 1.29 is 14.3 Å². The first-order valence-electron chi connectivity index (χ1n) is 6.04. The Balaban J connectivity index is 0.000000196. The number of esters is 1. The largest absolute Gasteiger partial charge is 0.461 e. The van der Waals surface area contributed by atoms with Crippen LogP contribution in [0.1, 0.15) is 6.92 Å². The molecule has 4 nitrogen and oxygen atoms in total. The molecule has 2 aliphatic rings. The van der Waals surface area contributed by atoms with Crippen molar-refractivity contribution in [1.29, 1.82) is 0 Å². The molecule has 0 aromatic carbocycles. The number of allylic oxidation sites excluding steroid dienone is 6. The van der Waals surface area contributed by atoms with E-state index in [4.69, 9.17) is 4.74 Å². The van der Waals surface area contributed by atoms with E-state index in [2.05, 4.69) is 6.58 Å². The number of hydrogen-bond acceptors (Lipinski definition) is 4. The second kappa shape index (κ2) is 6.85. The Morgan fingerprint density at radius 2 is 1.79 bits per heavy atom. The van der Waals surface area contributed by atoms with Crippen LogP contribution in [0.2, 0.25) is 0 Å². The van der Waals surface area contributed by atoms with Crippen LogP contribution >= 0.6 is 0 Å². The Bertz CT molecular complexity index is 458. The molecule has 2 bridgehead atoms. The van der Waals surface area contributed by atoms with Crippen LogP contribution in [-0.4, -0.2) is 43.9 Å². The molecule has 0 saturated heterocycles. The first kappa shape index (κ1) is 15.1. The van der Waals surface area contributed by atoms with Gasteiger partial charge in [0.25, 0.3) is 0 Å². The molecule has 0 amide bonds. The summed E-state index contributed by atoms with van der Waals surface area (Å²) in [5.41, 5.74) is 2.11. The smallest absolute Gasteiger partial charge is 0.333 e. The number of ketones is 1. The topological polar surface area (TPSA) is 46.6 Å². The summed E-state index contributed by atoms with van der Waals surface area (Å²) < 4.78 is 4.83. The third kappa shape index (κ3) is 4.67. The monoisotopic (exact) mass is 261 g/mol. The van der Waals surface area contributed by atoms with Crippen molar-refractivity contribution in [1.82, 2.24) is 4.90 Å². The molecule has 0 aromatic heterocycles. The van der Waals surface area contributed by atoms with Crippen LogP contribution in [0.25, 0.3) is 0 Å². The van der Waals surface area contributed by atoms with E-state index in [9.17, 15) is 9.59 Å². The SMILES string of the molecule is C=C(C)C(=O)OCCN(C)C.O=C1C2=CC=C1C=C2. The van der Waals surface area contributed by atoms with Crippen molar-refractivity contribution in [2.45, 2.75) is 6.92 Å². The van der Waals surface area contributed by atoms with Gasteiger partial charge in [0.2, 0.25) is 0 Å². The summed E-state index contributed by atoms with van der Waals surface area (Å²) in [6.07, 6.45) is 7.38. The highest BCUT2D eigenvalue weighted by Gasteiger charge is 2.19. The fourth-order valence-electron chi connectivity index (χ4n) is 1.38. The average molecular weight is 261 g/mol. The van der Waals surface area contributed by atoms with Gasteiger partial charge in [0.15, 0.2) is 5.78 Å². The number of carbonyl (C=O) groups is 2. The Labute approximate surface area is 113 Å². The molecule has 2 rings (SSSR count). The van der Waals surface area contributed by atoms with E-state index in [1.165, 1.54) is 0 Å². The number of carbonyl (C=O) groups excluding carboxylic acids is 2. The second-order valence-corrected chi connectivity index (χ2v) is 4.63. The first-order chi connectivity index (χ1) is 8.91. The zero-order chi connectivity index (χ0) is 14.4. The van der Waals surface area contributed by atoms with Gasteiger partial charge in [-0.05, 0) is 21.0 Å². The van der Waals surface area contributed by atoms with E-state index in [-0.39, 0.29) is 11.8 Å². The summed E-state index contributed by atoms with van der Waals surface area (Å²) in [5, 5.41) is 0. The van der Waals surface area contributed by atoms with Gasteiger partial charge in [0, 0.05) is 23.3 Å². The van der Waals surface area contributed by atoms with Crippen LogP contribution in [0, 0.1) is 0 Å². The first-order valence-corrected chi connectivity index (χ1v) is 6.04. The lowest BCUT2D eigenvalue weighted by Crippen LogP contribution is -2.20. The Morgan fingerprint density at radius 1 is 1.26 bits per heavy atom. The maximum atomic E-state index is 10.8. The summed E-state index contributed by atoms with van der Waals surface area (Å²) in [4.78, 5) is 23.5. The number of rotatable bonds is 4. The fourth-order valence-corrected chi connectivity index (χ4v) is 1.38. The van der Waals surface area contributed by atoms with Crippen LogP contribution in [0.15, 0.2) is 47.6 Å². The van der Waals surface area contributed by atoms with Gasteiger partial charge in [-0.1, -0.05) is 30.9 Å². The van der Waals surface area contributed by atoms with Crippen LogP contribution in [0.5, 0.6) is 0 Å². The highest BCUT2D eigenvalue weighted by Crippen LogP contribution is 2.23. The number of hydrogen-bond donors (Lipinski definition) is 0. The molecular formula is C15H19NO3. The average Bonchev–Trinajstić information content (AvgIpc) is 2.87. The number of Topliss-reactive ketones (excluding diaryl/α,β-unsaturated/α-hetero) is 1. The van der Waals surface area contributed by atoms with Gasteiger partial charge in [-0.25, -0.2) is 4.79 Å². The zero-order valence-electron chi connectivity index (χ0n) is 11.6. The maximum Gasteiger partial charge on any atom is 0.333 e. The molecule has 0 saturated carbocycles. The van der Waals surface area contributed by atoms with Crippen molar-refractivity contribution in [3.63, 3.8) is 0 Å². The zero-order valence-corrected chi connectivity index (χ0v) is 11.6. The Hall–Kier alpha value is -1.94. The molecule has 19 heavy (non-hydrogen) atoms. The maximum absolute atomic E-state index is 10.8. The minimum Gasteiger partial charge on any atom is -0.461 e. The summed E-state index contributed by atoms with van der Waals surface area (Å²) in [6, 6.07) is 0. The Kier molecular flexibility index (Phi) is 5.45. The van der Waals surface area contributed by atoms with E-state index in [1.807, 2.05) is 43.3 Å². The highest BCUT2D eigenvalue weighted by atomic mass is 16.5. The number of ether oxygens (including phenoxy) is 1. The number of likely N-dealkylation sites (N-methyl/N-ethyl adjacent to an activating group) is 1. The Morgan fingerprint density at radius 3 is 2.05 bits per heavy atom. The normalized spacial score (nSPS) is 14.8. The molecule has 0 fully saturated rings. The van der Waals surface area contributed by atoms with Gasteiger partial charge in [-0.3, -0.25) is 4.79 Å². The van der Waals surface area contributed by atoms with Gasteiger partial charge in [-0.15, -0.1) is 0 Å². The molecule has 0 unspecified atom stereocenters. The van der Waals surface area contributed by atoms with Gasteiger partial charge in [0.05, 0.1) is 0 Å². The molecule has 0 radical (unpaired) electrons.